The number of hydrogen-bond acceptors (Lipinski definition) is 4. The molecule has 0 atom stereocenters. The SMILES string of the molecule is NC(=NCCCCCCN=C(N)NC(N)=NCc1ccc(Cl)cc1)NC(N)=NCc1ccc(Cl)cc1. The molecule has 2 rings (SSSR count). The minimum atomic E-state index is 0.214. The summed E-state index contributed by atoms with van der Waals surface area (Å²) in [4.78, 5) is 17.0. The molecule has 0 bridgehead atoms. The number of halogens is 2. The average molecular weight is 534 g/mol. The Hall–Kier alpha value is -3.50. The molecule has 0 fully saturated rings. The van der Waals surface area contributed by atoms with Gasteiger partial charge in [-0.3, -0.25) is 20.6 Å². The smallest absolute Gasteiger partial charge is 0.195 e. The van der Waals surface area contributed by atoms with Gasteiger partial charge in [-0.2, -0.15) is 0 Å². The topological polar surface area (TPSA) is 178 Å². The summed E-state index contributed by atoms with van der Waals surface area (Å²) in [5.74, 6) is 0.911. The van der Waals surface area contributed by atoms with E-state index in [-0.39, 0.29) is 23.8 Å². The van der Waals surface area contributed by atoms with Gasteiger partial charge in [-0.1, -0.05) is 60.3 Å². The van der Waals surface area contributed by atoms with Crippen molar-refractivity contribution >= 4 is 47.0 Å². The molecule has 0 radical (unpaired) electrons. The summed E-state index contributed by atoms with van der Waals surface area (Å²) in [6.07, 6.45) is 3.77. The van der Waals surface area contributed by atoms with Crippen LogP contribution in [-0.4, -0.2) is 36.9 Å². The molecular formula is C24H34Cl2N10. The van der Waals surface area contributed by atoms with Crippen LogP contribution >= 0.6 is 23.2 Å². The third-order valence-corrected chi connectivity index (χ3v) is 5.34. The fourth-order valence-electron chi connectivity index (χ4n) is 2.93. The monoisotopic (exact) mass is 532 g/mol. The summed E-state index contributed by atoms with van der Waals surface area (Å²) < 4.78 is 0. The van der Waals surface area contributed by atoms with Gasteiger partial charge in [0.2, 0.25) is 0 Å². The number of guanidine groups is 4. The predicted octanol–water partition coefficient (Wildman–Crippen LogP) is 2.69. The lowest BCUT2D eigenvalue weighted by Gasteiger charge is -2.06. The second kappa shape index (κ2) is 16.2. The van der Waals surface area contributed by atoms with Crippen molar-refractivity contribution in [1.29, 1.82) is 0 Å². The van der Waals surface area contributed by atoms with Gasteiger partial charge in [-0.25, -0.2) is 9.98 Å². The normalized spacial score (nSPS) is 13.1. The Kier molecular flexibility index (Phi) is 12.9. The minimum absolute atomic E-state index is 0.214. The molecule has 0 unspecified atom stereocenters. The fourth-order valence-corrected chi connectivity index (χ4v) is 3.18. The van der Waals surface area contributed by atoms with Crippen LogP contribution in [0.5, 0.6) is 0 Å². The lowest BCUT2D eigenvalue weighted by Crippen LogP contribution is -2.41. The first-order valence-electron chi connectivity index (χ1n) is 11.5. The summed E-state index contributed by atoms with van der Waals surface area (Å²) in [7, 11) is 0. The number of hydrogen-bond donors (Lipinski definition) is 6. The van der Waals surface area contributed by atoms with Gasteiger partial charge in [0.05, 0.1) is 13.1 Å². The molecule has 0 aliphatic carbocycles. The average Bonchev–Trinajstić information content (AvgIpc) is 2.85. The van der Waals surface area contributed by atoms with E-state index >= 15 is 0 Å². The summed E-state index contributed by atoms with van der Waals surface area (Å²) in [6, 6.07) is 14.8. The molecule has 10 N–H and O–H groups in total. The Morgan fingerprint density at radius 3 is 1.22 bits per heavy atom. The highest BCUT2D eigenvalue weighted by Crippen LogP contribution is 2.11. The highest BCUT2D eigenvalue weighted by atomic mass is 35.5. The molecule has 36 heavy (non-hydrogen) atoms. The fraction of sp³-hybridized carbons (Fsp3) is 0.333. The number of aliphatic imine (C=N–C) groups is 4. The first-order chi connectivity index (χ1) is 17.3. The van der Waals surface area contributed by atoms with Crippen molar-refractivity contribution in [3.63, 3.8) is 0 Å². The lowest BCUT2D eigenvalue weighted by molar-refractivity contribution is 0.653. The molecular weight excluding hydrogens is 499 g/mol. The van der Waals surface area contributed by atoms with E-state index in [1.54, 1.807) is 24.3 Å². The zero-order chi connectivity index (χ0) is 26.2. The Morgan fingerprint density at radius 2 is 0.861 bits per heavy atom. The summed E-state index contributed by atoms with van der Waals surface area (Å²) in [5, 5.41) is 6.93. The number of nitrogens with one attached hydrogen (secondary N) is 2. The van der Waals surface area contributed by atoms with Crippen molar-refractivity contribution in [2.75, 3.05) is 13.1 Å². The van der Waals surface area contributed by atoms with E-state index in [1.165, 1.54) is 0 Å². The molecule has 0 saturated carbocycles. The second-order valence-electron chi connectivity index (χ2n) is 7.85. The van der Waals surface area contributed by atoms with Gasteiger partial charge in [-0.15, -0.1) is 0 Å². The molecule has 2 aromatic carbocycles. The van der Waals surface area contributed by atoms with Crippen molar-refractivity contribution in [2.45, 2.75) is 38.8 Å². The lowest BCUT2D eigenvalue weighted by atomic mass is 10.2. The standard InChI is InChI=1S/C24H34Cl2N10/c25-19-9-5-17(6-10-19)15-33-23(29)35-21(27)31-13-3-1-2-4-14-32-22(28)36-24(30)34-16-18-7-11-20(26)12-8-18/h5-12H,1-4,13-16H2,(H5,27,29,31,33,35)(H5,28,30,32,34,36). The van der Waals surface area contributed by atoms with Crippen LogP contribution in [0.4, 0.5) is 0 Å². The van der Waals surface area contributed by atoms with Crippen molar-refractivity contribution in [1.82, 2.24) is 10.6 Å². The van der Waals surface area contributed by atoms with E-state index in [1.807, 2.05) is 24.3 Å². The van der Waals surface area contributed by atoms with Crippen molar-refractivity contribution in [3.8, 4) is 0 Å². The largest absolute Gasteiger partial charge is 0.370 e. The Balaban J connectivity index is 1.55. The maximum absolute atomic E-state index is 5.87. The van der Waals surface area contributed by atoms with Crippen LogP contribution in [0.15, 0.2) is 68.5 Å². The molecule has 10 nitrogen and oxygen atoms in total. The first kappa shape index (κ1) is 28.7. The van der Waals surface area contributed by atoms with Gasteiger partial charge in [0.25, 0.3) is 0 Å². The Bertz CT molecular complexity index is 962. The summed E-state index contributed by atoms with van der Waals surface area (Å²) >= 11 is 11.7. The summed E-state index contributed by atoms with van der Waals surface area (Å²) in [6.45, 7) is 2.04. The zero-order valence-corrected chi connectivity index (χ0v) is 21.6. The van der Waals surface area contributed by atoms with Gasteiger partial charge < -0.3 is 22.9 Å². The van der Waals surface area contributed by atoms with Crippen LogP contribution in [0, 0.1) is 0 Å². The van der Waals surface area contributed by atoms with E-state index in [4.69, 9.17) is 46.1 Å². The maximum atomic E-state index is 5.87. The van der Waals surface area contributed by atoms with E-state index in [2.05, 4.69) is 30.6 Å². The minimum Gasteiger partial charge on any atom is -0.370 e. The van der Waals surface area contributed by atoms with Crippen molar-refractivity contribution < 1.29 is 0 Å². The van der Waals surface area contributed by atoms with E-state index in [0.29, 0.717) is 36.2 Å². The van der Waals surface area contributed by atoms with Crippen LogP contribution in [0.2, 0.25) is 10.0 Å². The van der Waals surface area contributed by atoms with Gasteiger partial charge in [0, 0.05) is 23.1 Å². The van der Waals surface area contributed by atoms with E-state index in [0.717, 1.165) is 36.8 Å². The molecule has 0 saturated heterocycles. The number of benzene rings is 2. The highest BCUT2D eigenvalue weighted by Gasteiger charge is 1.99. The van der Waals surface area contributed by atoms with E-state index in [9.17, 15) is 0 Å². The Labute approximate surface area is 222 Å². The number of nitrogens with two attached hydrogens (primary N) is 4. The van der Waals surface area contributed by atoms with Crippen molar-refractivity contribution in [3.05, 3.63) is 69.7 Å². The van der Waals surface area contributed by atoms with Crippen LogP contribution in [0.1, 0.15) is 36.8 Å². The van der Waals surface area contributed by atoms with Crippen molar-refractivity contribution in [2.24, 2.45) is 42.9 Å². The molecule has 0 aliphatic rings. The number of rotatable bonds is 11. The molecule has 194 valence electrons. The molecule has 0 amide bonds. The third kappa shape index (κ3) is 12.8. The zero-order valence-electron chi connectivity index (χ0n) is 20.1. The van der Waals surface area contributed by atoms with Gasteiger partial charge in [0.1, 0.15) is 0 Å². The number of unbranched alkanes of at least 4 members (excludes halogenated alkanes) is 3. The molecule has 0 aliphatic heterocycles. The van der Waals surface area contributed by atoms with Gasteiger partial charge in [0.15, 0.2) is 23.8 Å². The molecule has 2 aromatic rings. The quantitative estimate of drug-likeness (QED) is 0.147. The molecule has 0 spiro atoms. The predicted molar refractivity (Wildman–Crippen MR) is 151 cm³/mol. The Morgan fingerprint density at radius 1 is 0.528 bits per heavy atom. The van der Waals surface area contributed by atoms with E-state index < -0.39 is 0 Å². The third-order valence-electron chi connectivity index (χ3n) is 4.83. The van der Waals surface area contributed by atoms with Crippen LogP contribution < -0.4 is 33.6 Å². The van der Waals surface area contributed by atoms with Crippen LogP contribution in [0.3, 0.4) is 0 Å². The number of nitrogens with zero attached hydrogens (tertiary/aromatic N) is 4. The molecule has 0 heterocycles. The van der Waals surface area contributed by atoms with Gasteiger partial charge >= 0.3 is 0 Å². The highest BCUT2D eigenvalue weighted by molar-refractivity contribution is 6.30. The van der Waals surface area contributed by atoms with Gasteiger partial charge in [-0.05, 0) is 48.2 Å². The van der Waals surface area contributed by atoms with Crippen LogP contribution in [0.25, 0.3) is 0 Å². The van der Waals surface area contributed by atoms with Crippen LogP contribution in [-0.2, 0) is 13.1 Å². The molecule has 12 heteroatoms. The summed E-state index contributed by atoms with van der Waals surface area (Å²) in [5.41, 5.74) is 25.4. The maximum Gasteiger partial charge on any atom is 0.195 e. The first-order valence-corrected chi connectivity index (χ1v) is 12.3. The second-order valence-corrected chi connectivity index (χ2v) is 8.73. The molecule has 0 aromatic heterocycles.